The third-order valence-electron chi connectivity index (χ3n) is 2.85. The van der Waals surface area contributed by atoms with E-state index in [1.807, 2.05) is 18.2 Å². The number of nitrogens with two attached hydrogens (primary N) is 1. The molecule has 0 aliphatic rings. The average molecular weight is 354 g/mol. The summed E-state index contributed by atoms with van der Waals surface area (Å²) in [5.41, 5.74) is 7.78. The number of rotatable bonds is 4. The topological polar surface area (TPSA) is 55.1 Å². The lowest BCUT2D eigenvalue weighted by Gasteiger charge is -2.11. The fourth-order valence-corrected chi connectivity index (χ4v) is 2.42. The second kappa shape index (κ2) is 6.88. The number of anilines is 1. The summed E-state index contributed by atoms with van der Waals surface area (Å²) in [5, 5.41) is 3.42. The molecule has 1 amide bonds. The number of carbonyl (C=O) groups is 1. The minimum absolute atomic E-state index is 0.169. The van der Waals surface area contributed by atoms with Crippen molar-refractivity contribution in [2.45, 2.75) is 6.42 Å². The third kappa shape index (κ3) is 3.60. The number of amides is 1. The van der Waals surface area contributed by atoms with Crippen LogP contribution in [0.2, 0.25) is 5.02 Å². The fraction of sp³-hybridized carbons (Fsp3) is 0.133. The summed E-state index contributed by atoms with van der Waals surface area (Å²) in [6.45, 7) is 0.505. The smallest absolute Gasteiger partial charge is 0.255 e. The lowest BCUT2D eigenvalue weighted by Crippen LogP contribution is -2.16. The quantitative estimate of drug-likeness (QED) is 0.877. The van der Waals surface area contributed by atoms with Crippen LogP contribution in [0.25, 0.3) is 0 Å². The zero-order valence-electron chi connectivity index (χ0n) is 10.7. The summed E-state index contributed by atoms with van der Waals surface area (Å²) in [5.74, 6) is -0.169. The van der Waals surface area contributed by atoms with Gasteiger partial charge in [0.05, 0.1) is 5.69 Å². The summed E-state index contributed by atoms with van der Waals surface area (Å²) in [6.07, 6.45) is 0.667. The number of halogens is 2. The van der Waals surface area contributed by atoms with Gasteiger partial charge in [-0.1, -0.05) is 29.8 Å². The predicted molar refractivity (Wildman–Crippen MR) is 86.3 cm³/mol. The maximum absolute atomic E-state index is 12.4. The van der Waals surface area contributed by atoms with Crippen LogP contribution in [-0.4, -0.2) is 12.5 Å². The molecule has 0 saturated heterocycles. The van der Waals surface area contributed by atoms with Crippen molar-refractivity contribution in [1.82, 2.24) is 0 Å². The van der Waals surface area contributed by atoms with Crippen molar-refractivity contribution in [2.24, 2.45) is 5.73 Å². The monoisotopic (exact) mass is 352 g/mol. The maximum atomic E-state index is 12.4. The Hall–Kier alpha value is -1.36. The Labute approximate surface area is 131 Å². The van der Waals surface area contributed by atoms with Gasteiger partial charge in [-0.15, -0.1) is 0 Å². The van der Waals surface area contributed by atoms with Gasteiger partial charge in [0.1, 0.15) is 0 Å². The van der Waals surface area contributed by atoms with E-state index in [1.54, 1.807) is 24.3 Å². The Morgan fingerprint density at radius 2 is 2.00 bits per heavy atom. The second-order valence-electron chi connectivity index (χ2n) is 4.27. The largest absolute Gasteiger partial charge is 0.330 e. The fourth-order valence-electron chi connectivity index (χ4n) is 1.90. The van der Waals surface area contributed by atoms with Crippen LogP contribution in [0.4, 0.5) is 5.69 Å². The molecule has 0 heterocycles. The lowest BCUT2D eigenvalue weighted by atomic mass is 10.0. The first-order valence-electron chi connectivity index (χ1n) is 6.16. The average Bonchev–Trinajstić information content (AvgIpc) is 2.44. The first kappa shape index (κ1) is 15.0. The molecule has 0 fully saturated rings. The van der Waals surface area contributed by atoms with Gasteiger partial charge >= 0.3 is 0 Å². The Morgan fingerprint density at radius 1 is 1.25 bits per heavy atom. The van der Waals surface area contributed by atoms with Crippen LogP contribution in [0.5, 0.6) is 0 Å². The van der Waals surface area contributed by atoms with Crippen molar-refractivity contribution in [3.05, 3.63) is 63.1 Å². The van der Waals surface area contributed by atoms with Gasteiger partial charge in [0.2, 0.25) is 0 Å². The standard InChI is InChI=1S/C15H14BrClN2O/c16-13-6-5-11(17)9-14(13)19-15(20)12-4-2-1-3-10(12)7-8-18/h1-6,9H,7-8,18H2,(H,19,20). The van der Waals surface area contributed by atoms with Gasteiger partial charge in [-0.25, -0.2) is 0 Å². The number of carbonyl (C=O) groups excluding carboxylic acids is 1. The zero-order chi connectivity index (χ0) is 14.5. The molecule has 104 valence electrons. The second-order valence-corrected chi connectivity index (χ2v) is 5.56. The summed E-state index contributed by atoms with van der Waals surface area (Å²) in [6, 6.07) is 12.7. The van der Waals surface area contributed by atoms with Crippen LogP contribution in [0.15, 0.2) is 46.9 Å². The van der Waals surface area contributed by atoms with Gasteiger partial charge in [0, 0.05) is 15.1 Å². The number of nitrogens with one attached hydrogen (secondary N) is 1. The predicted octanol–water partition coefficient (Wildman–Crippen LogP) is 3.86. The van der Waals surface area contributed by atoms with Crippen LogP contribution in [0, 0.1) is 0 Å². The molecule has 3 nitrogen and oxygen atoms in total. The summed E-state index contributed by atoms with van der Waals surface area (Å²) in [4.78, 5) is 12.4. The van der Waals surface area contributed by atoms with Crippen molar-refractivity contribution < 1.29 is 4.79 Å². The van der Waals surface area contributed by atoms with E-state index in [1.165, 1.54) is 0 Å². The van der Waals surface area contributed by atoms with E-state index < -0.39 is 0 Å². The molecule has 5 heteroatoms. The van der Waals surface area contributed by atoms with Gasteiger partial charge in [-0.2, -0.15) is 0 Å². The normalized spacial score (nSPS) is 10.3. The van der Waals surface area contributed by atoms with E-state index in [4.69, 9.17) is 17.3 Å². The number of hydrogen-bond donors (Lipinski definition) is 2. The van der Waals surface area contributed by atoms with Crippen LogP contribution in [0.1, 0.15) is 15.9 Å². The molecule has 0 saturated carbocycles. The van der Waals surface area contributed by atoms with E-state index in [0.29, 0.717) is 29.2 Å². The zero-order valence-corrected chi connectivity index (χ0v) is 13.0. The molecule has 0 spiro atoms. The summed E-state index contributed by atoms with van der Waals surface area (Å²) >= 11 is 9.33. The van der Waals surface area contributed by atoms with E-state index in [9.17, 15) is 4.79 Å². The third-order valence-corrected chi connectivity index (χ3v) is 3.78. The molecule has 20 heavy (non-hydrogen) atoms. The molecule has 0 aliphatic heterocycles. The minimum atomic E-state index is -0.169. The van der Waals surface area contributed by atoms with Crippen LogP contribution in [0.3, 0.4) is 0 Å². The van der Waals surface area contributed by atoms with Crippen molar-refractivity contribution in [3.63, 3.8) is 0 Å². The molecule has 0 unspecified atom stereocenters. The number of benzene rings is 2. The molecule has 0 aromatic heterocycles. The van der Waals surface area contributed by atoms with E-state index >= 15 is 0 Å². The van der Waals surface area contributed by atoms with Gasteiger partial charge in [-0.05, 0) is 58.7 Å². The van der Waals surface area contributed by atoms with E-state index in [2.05, 4.69) is 21.2 Å². The molecule has 3 N–H and O–H groups in total. The highest BCUT2D eigenvalue weighted by Gasteiger charge is 2.12. The van der Waals surface area contributed by atoms with Crippen molar-refractivity contribution in [1.29, 1.82) is 0 Å². The molecule has 2 aromatic carbocycles. The summed E-state index contributed by atoms with van der Waals surface area (Å²) in [7, 11) is 0. The van der Waals surface area contributed by atoms with E-state index in [-0.39, 0.29) is 5.91 Å². The first-order valence-corrected chi connectivity index (χ1v) is 7.33. The van der Waals surface area contributed by atoms with Crippen LogP contribution < -0.4 is 11.1 Å². The Morgan fingerprint density at radius 3 is 2.75 bits per heavy atom. The van der Waals surface area contributed by atoms with Gasteiger partial charge in [0.25, 0.3) is 5.91 Å². The maximum Gasteiger partial charge on any atom is 0.255 e. The van der Waals surface area contributed by atoms with Crippen molar-refractivity contribution >= 4 is 39.1 Å². The van der Waals surface area contributed by atoms with E-state index in [0.717, 1.165) is 10.0 Å². The molecular weight excluding hydrogens is 340 g/mol. The Balaban J connectivity index is 2.26. The Kier molecular flexibility index (Phi) is 5.17. The molecule has 2 rings (SSSR count). The molecular formula is C15H14BrClN2O. The molecule has 2 aromatic rings. The molecule has 0 atom stereocenters. The van der Waals surface area contributed by atoms with Crippen molar-refractivity contribution in [3.8, 4) is 0 Å². The highest BCUT2D eigenvalue weighted by molar-refractivity contribution is 9.10. The van der Waals surface area contributed by atoms with Crippen LogP contribution >= 0.6 is 27.5 Å². The van der Waals surface area contributed by atoms with Gasteiger partial charge in [0.15, 0.2) is 0 Å². The number of hydrogen-bond acceptors (Lipinski definition) is 2. The van der Waals surface area contributed by atoms with Crippen molar-refractivity contribution in [2.75, 3.05) is 11.9 Å². The molecule has 0 bridgehead atoms. The minimum Gasteiger partial charge on any atom is -0.330 e. The lowest BCUT2D eigenvalue weighted by molar-refractivity contribution is 0.102. The molecule has 0 aliphatic carbocycles. The highest BCUT2D eigenvalue weighted by Crippen LogP contribution is 2.26. The first-order chi connectivity index (χ1) is 9.61. The van der Waals surface area contributed by atoms with Crippen LogP contribution in [-0.2, 0) is 6.42 Å². The van der Waals surface area contributed by atoms with Gasteiger partial charge < -0.3 is 11.1 Å². The summed E-state index contributed by atoms with van der Waals surface area (Å²) < 4.78 is 0.784. The van der Waals surface area contributed by atoms with Gasteiger partial charge in [-0.3, -0.25) is 4.79 Å². The SMILES string of the molecule is NCCc1ccccc1C(=O)Nc1cc(Cl)ccc1Br. The molecule has 0 radical (unpaired) electrons. The highest BCUT2D eigenvalue weighted by atomic mass is 79.9. The Bertz CT molecular complexity index is 631.